The van der Waals surface area contributed by atoms with E-state index >= 15 is 0 Å². The number of rotatable bonds is 1. The van der Waals surface area contributed by atoms with Crippen molar-refractivity contribution >= 4 is 0 Å². The lowest BCUT2D eigenvalue weighted by Crippen LogP contribution is -2.06. The van der Waals surface area contributed by atoms with Crippen molar-refractivity contribution in [1.82, 2.24) is 0 Å². The van der Waals surface area contributed by atoms with Crippen LogP contribution in [-0.2, 0) is 0 Å². The summed E-state index contributed by atoms with van der Waals surface area (Å²) in [5.74, 6) is 1.60. The lowest BCUT2D eigenvalue weighted by atomic mass is 9.93. The Kier molecular flexibility index (Phi) is 2.29. The van der Waals surface area contributed by atoms with Gasteiger partial charge in [-0.05, 0) is 23.8 Å². The molecule has 2 heteroatoms. The second-order valence-corrected chi connectivity index (χ2v) is 4.46. The van der Waals surface area contributed by atoms with Crippen LogP contribution in [0.15, 0.2) is 48.5 Å². The Morgan fingerprint density at radius 1 is 1.00 bits per heavy atom. The van der Waals surface area contributed by atoms with E-state index in [0.717, 1.165) is 11.3 Å². The summed E-state index contributed by atoms with van der Waals surface area (Å²) in [6, 6.07) is 15.4. The molecule has 0 amide bonds. The minimum atomic E-state index is 0.0491. The number of hydrogen-bond donors (Lipinski definition) is 1. The van der Waals surface area contributed by atoms with Gasteiger partial charge in [0.05, 0.1) is 0 Å². The molecule has 0 radical (unpaired) electrons. The van der Waals surface area contributed by atoms with Crippen LogP contribution in [0.5, 0.6) is 11.5 Å². The van der Waals surface area contributed by atoms with E-state index in [1.165, 1.54) is 5.56 Å². The van der Waals surface area contributed by atoms with Gasteiger partial charge in [0.15, 0.2) is 0 Å². The molecule has 17 heavy (non-hydrogen) atoms. The van der Waals surface area contributed by atoms with Crippen LogP contribution in [0.4, 0.5) is 0 Å². The van der Waals surface area contributed by atoms with Gasteiger partial charge in [0.1, 0.15) is 17.6 Å². The lowest BCUT2D eigenvalue weighted by Gasteiger charge is -2.15. The van der Waals surface area contributed by atoms with Crippen molar-refractivity contribution in [2.45, 2.75) is 18.9 Å². The molecule has 1 N–H and O–H groups in total. The van der Waals surface area contributed by atoms with Crippen LogP contribution < -0.4 is 4.74 Å². The summed E-state index contributed by atoms with van der Waals surface area (Å²) < 4.78 is 5.96. The Bertz CT molecular complexity index is 531. The first-order valence-electron chi connectivity index (χ1n) is 5.80. The van der Waals surface area contributed by atoms with E-state index in [4.69, 9.17) is 4.74 Å². The van der Waals surface area contributed by atoms with E-state index < -0.39 is 0 Å². The molecule has 3 rings (SSSR count). The van der Waals surface area contributed by atoms with Crippen molar-refractivity contribution in [3.05, 3.63) is 59.7 Å². The summed E-state index contributed by atoms with van der Waals surface area (Å²) in [7, 11) is 0. The molecular weight excluding hydrogens is 212 g/mol. The first-order chi connectivity index (χ1) is 8.25. The third-order valence-corrected chi connectivity index (χ3v) is 3.34. The Hall–Kier alpha value is -1.96. The molecule has 1 aliphatic heterocycles. The fraction of sp³-hybridized carbons (Fsp3) is 0.200. The van der Waals surface area contributed by atoms with Crippen molar-refractivity contribution in [1.29, 1.82) is 0 Å². The van der Waals surface area contributed by atoms with Gasteiger partial charge in [-0.1, -0.05) is 37.3 Å². The average Bonchev–Trinajstić information content (AvgIpc) is 2.69. The Morgan fingerprint density at radius 3 is 2.41 bits per heavy atom. The lowest BCUT2D eigenvalue weighted by molar-refractivity contribution is 0.216. The molecule has 1 aliphatic rings. The van der Waals surface area contributed by atoms with Crippen LogP contribution in [0.3, 0.4) is 0 Å². The zero-order valence-electron chi connectivity index (χ0n) is 9.63. The van der Waals surface area contributed by atoms with Crippen LogP contribution in [0.2, 0.25) is 0 Å². The van der Waals surface area contributed by atoms with Crippen molar-refractivity contribution in [3.63, 3.8) is 0 Å². The first kappa shape index (κ1) is 10.2. The second kappa shape index (κ2) is 3.81. The minimum absolute atomic E-state index is 0.0491. The average molecular weight is 226 g/mol. The van der Waals surface area contributed by atoms with Crippen molar-refractivity contribution in [2.75, 3.05) is 0 Å². The standard InChI is InChI=1S/C15H14O2/c1-10-13-4-2-3-5-14(13)17-15(10)11-6-8-12(16)9-7-11/h2-10,15-16H,1H3/t10-,15-/m1/s1. The van der Waals surface area contributed by atoms with Crippen molar-refractivity contribution < 1.29 is 9.84 Å². The highest BCUT2D eigenvalue weighted by Crippen LogP contribution is 2.45. The molecule has 0 aliphatic carbocycles. The van der Waals surface area contributed by atoms with Crippen molar-refractivity contribution in [2.24, 2.45) is 0 Å². The van der Waals surface area contributed by atoms with E-state index in [9.17, 15) is 5.11 Å². The largest absolute Gasteiger partial charge is 0.508 e. The van der Waals surface area contributed by atoms with Gasteiger partial charge in [-0.15, -0.1) is 0 Å². The van der Waals surface area contributed by atoms with Gasteiger partial charge in [0.2, 0.25) is 0 Å². The maximum Gasteiger partial charge on any atom is 0.130 e. The van der Waals surface area contributed by atoms with E-state index in [1.807, 2.05) is 30.3 Å². The zero-order chi connectivity index (χ0) is 11.8. The molecule has 0 spiro atoms. The third kappa shape index (κ3) is 1.66. The predicted octanol–water partition coefficient (Wildman–Crippen LogP) is 3.63. The molecule has 0 saturated carbocycles. The van der Waals surface area contributed by atoms with Gasteiger partial charge in [0.25, 0.3) is 0 Å². The number of fused-ring (bicyclic) bond motifs is 1. The summed E-state index contributed by atoms with van der Waals surface area (Å²) in [5.41, 5.74) is 2.36. The van der Waals surface area contributed by atoms with E-state index in [0.29, 0.717) is 5.92 Å². The third-order valence-electron chi connectivity index (χ3n) is 3.34. The first-order valence-corrected chi connectivity index (χ1v) is 5.80. The SMILES string of the molecule is C[C@@H]1c2ccccc2O[C@H]1c1ccc(O)cc1. The van der Waals surface area contributed by atoms with Gasteiger partial charge < -0.3 is 9.84 Å². The summed E-state index contributed by atoms with van der Waals surface area (Å²) in [6.07, 6.45) is 0.0491. The number of para-hydroxylation sites is 1. The van der Waals surface area contributed by atoms with E-state index in [-0.39, 0.29) is 11.9 Å². The summed E-state index contributed by atoms with van der Waals surface area (Å²) >= 11 is 0. The Labute approximate surface area is 100 Å². The summed E-state index contributed by atoms with van der Waals surface area (Å²) in [6.45, 7) is 2.17. The number of ether oxygens (including phenoxy) is 1. The van der Waals surface area contributed by atoms with Crippen LogP contribution in [0.25, 0.3) is 0 Å². The molecule has 0 unspecified atom stereocenters. The molecule has 0 fully saturated rings. The number of aromatic hydroxyl groups is 1. The van der Waals surface area contributed by atoms with Crippen LogP contribution in [0.1, 0.15) is 30.1 Å². The molecule has 86 valence electrons. The molecular formula is C15H14O2. The maximum atomic E-state index is 9.30. The smallest absolute Gasteiger partial charge is 0.130 e. The van der Waals surface area contributed by atoms with E-state index in [2.05, 4.69) is 13.0 Å². The van der Waals surface area contributed by atoms with Crippen LogP contribution in [0, 0.1) is 0 Å². The fourth-order valence-corrected chi connectivity index (χ4v) is 2.39. The monoisotopic (exact) mass is 226 g/mol. The maximum absolute atomic E-state index is 9.30. The zero-order valence-corrected chi connectivity index (χ0v) is 9.63. The highest BCUT2D eigenvalue weighted by molar-refractivity contribution is 5.43. The van der Waals surface area contributed by atoms with Crippen molar-refractivity contribution in [3.8, 4) is 11.5 Å². The normalized spacial score (nSPS) is 21.9. The Morgan fingerprint density at radius 2 is 1.71 bits per heavy atom. The Balaban J connectivity index is 1.96. The number of phenols is 1. The van der Waals surface area contributed by atoms with Crippen LogP contribution >= 0.6 is 0 Å². The topological polar surface area (TPSA) is 29.5 Å². The number of hydrogen-bond acceptors (Lipinski definition) is 2. The number of phenolic OH excluding ortho intramolecular Hbond substituents is 1. The second-order valence-electron chi connectivity index (χ2n) is 4.46. The number of benzene rings is 2. The summed E-state index contributed by atoms with van der Waals surface area (Å²) in [5, 5.41) is 9.30. The van der Waals surface area contributed by atoms with Gasteiger partial charge >= 0.3 is 0 Å². The van der Waals surface area contributed by atoms with Gasteiger partial charge in [-0.2, -0.15) is 0 Å². The highest BCUT2D eigenvalue weighted by Gasteiger charge is 2.31. The van der Waals surface area contributed by atoms with Gasteiger partial charge in [0, 0.05) is 11.5 Å². The molecule has 2 nitrogen and oxygen atoms in total. The highest BCUT2D eigenvalue weighted by atomic mass is 16.5. The molecule has 1 heterocycles. The fourth-order valence-electron chi connectivity index (χ4n) is 2.39. The molecule has 0 saturated heterocycles. The summed E-state index contributed by atoms with van der Waals surface area (Å²) in [4.78, 5) is 0. The molecule has 2 aromatic carbocycles. The molecule has 0 aromatic heterocycles. The quantitative estimate of drug-likeness (QED) is 0.804. The van der Waals surface area contributed by atoms with Crippen LogP contribution in [-0.4, -0.2) is 5.11 Å². The van der Waals surface area contributed by atoms with Gasteiger partial charge in [-0.3, -0.25) is 0 Å². The van der Waals surface area contributed by atoms with Gasteiger partial charge in [-0.25, -0.2) is 0 Å². The molecule has 0 bridgehead atoms. The molecule has 2 aromatic rings. The van der Waals surface area contributed by atoms with E-state index in [1.54, 1.807) is 12.1 Å². The minimum Gasteiger partial charge on any atom is -0.508 e. The molecule has 2 atom stereocenters. The predicted molar refractivity (Wildman–Crippen MR) is 66.3 cm³/mol.